The molecule has 0 N–H and O–H groups in total. The molecule has 8 heterocycles. The molecule has 1 spiro atoms. The van der Waals surface area contributed by atoms with Crippen molar-refractivity contribution in [1.82, 2.24) is 0 Å². The van der Waals surface area contributed by atoms with Crippen molar-refractivity contribution in [3.63, 3.8) is 0 Å². The maximum Gasteiger partial charge on any atom is 0.216 e. The number of fused-ring (bicyclic) bond motifs is 26. The second kappa shape index (κ2) is 35.2. The van der Waals surface area contributed by atoms with Gasteiger partial charge in [0.25, 0.3) is 0 Å². The third-order valence-electron chi connectivity index (χ3n) is 33.4. The Bertz CT molecular complexity index is 8620. The molecule has 1 fully saturated rings. The van der Waals surface area contributed by atoms with E-state index in [1.54, 1.807) is 0 Å². The summed E-state index contributed by atoms with van der Waals surface area (Å²) in [7, 11) is 8.50. The van der Waals surface area contributed by atoms with E-state index in [-0.39, 0.29) is 32.5 Å². The van der Waals surface area contributed by atoms with E-state index in [1.165, 1.54) is 247 Å². The van der Waals surface area contributed by atoms with Gasteiger partial charge in [-0.3, -0.25) is 0 Å². The minimum atomic E-state index is -0.0578. The largest absolute Gasteiger partial charge is 0.455 e. The van der Waals surface area contributed by atoms with Crippen LogP contribution in [0.15, 0.2) is 285 Å². The van der Waals surface area contributed by atoms with Crippen LogP contribution in [-0.4, -0.2) is 0 Å². The number of aryl methyl sites for hydroxylation is 12. The molecule has 144 heavy (non-hydrogen) atoms. The number of hydrogen-bond acceptors (Lipinski definition) is 4. The van der Waals surface area contributed by atoms with Gasteiger partial charge in [-0.05, 0) is 312 Å². The van der Waals surface area contributed by atoms with Crippen LogP contribution in [0.1, 0.15) is 237 Å². The second-order valence-corrected chi connectivity index (χ2v) is 47.8. The highest BCUT2D eigenvalue weighted by Gasteiger charge is 2.52. The first-order valence-electron chi connectivity index (χ1n) is 53.1. The van der Waals surface area contributed by atoms with Gasteiger partial charge in [0, 0.05) is 111 Å². The highest BCUT2D eigenvalue weighted by molar-refractivity contribution is 6.16. The van der Waals surface area contributed by atoms with Crippen LogP contribution < -0.4 is 18.3 Å². The average molecular weight is 1900 g/mol. The first-order chi connectivity index (χ1) is 68.8. The SMILES string of the molecule is Cc1ccc(-c2c(C)ccc3c2oc2cc4c(cc23)-c2ccccc2C4(C(C)C)C(C)C)[n+](C)c1.Cc1ccc(-c2c(C)ccc3c2oc2cc4c(cc23)-c2ccccc2C4(CC(C)(C)C)CC(C)(C)C)[n+](C)c1.Cc1ccc(-c2c(C)ccc3c2oc2cc4c(cc23)-c2ccccc2C4(CC(C)C)CC(C)C)[n+](C)c1.Cc1ccc(-c2c(C)ccc3c2oc2cc4c(cc23)-c2ccccc2C42CCCC2)[n+](C)c1. The molecule has 5 aliphatic rings. The van der Waals surface area contributed by atoms with Crippen LogP contribution in [0.5, 0.6) is 0 Å². The Morgan fingerprint density at radius 1 is 0.271 bits per heavy atom. The van der Waals surface area contributed by atoms with E-state index in [0.29, 0.717) is 23.7 Å². The van der Waals surface area contributed by atoms with Crippen molar-refractivity contribution in [2.45, 2.75) is 225 Å². The van der Waals surface area contributed by atoms with Gasteiger partial charge in [0.1, 0.15) is 72.9 Å². The molecule has 5 aliphatic carbocycles. The maximum absolute atomic E-state index is 6.87. The quantitative estimate of drug-likeness (QED) is 0.114. The fourth-order valence-electron chi connectivity index (χ4n) is 28.3. The van der Waals surface area contributed by atoms with Gasteiger partial charge >= 0.3 is 0 Å². The number of hydrogen-bond donors (Lipinski definition) is 0. The van der Waals surface area contributed by atoms with E-state index in [9.17, 15) is 0 Å². The number of rotatable bonds is 12. The summed E-state index contributed by atoms with van der Waals surface area (Å²) in [5, 5.41) is 9.63. The van der Waals surface area contributed by atoms with Crippen molar-refractivity contribution in [1.29, 1.82) is 0 Å². The summed E-state index contributed by atoms with van der Waals surface area (Å²) in [5.41, 5.74) is 50.6. The highest BCUT2D eigenvalue weighted by Crippen LogP contribution is 2.64. The number of benzene rings is 12. The van der Waals surface area contributed by atoms with Crippen LogP contribution in [0.3, 0.4) is 0 Å². The predicted molar refractivity (Wildman–Crippen MR) is 599 cm³/mol. The van der Waals surface area contributed by atoms with Gasteiger partial charge in [0.15, 0.2) is 24.8 Å². The second-order valence-electron chi connectivity index (χ2n) is 47.8. The number of aromatic nitrogens is 4. The zero-order valence-electron chi connectivity index (χ0n) is 89.8. The molecule has 0 saturated heterocycles. The normalized spacial score (nSPS) is 14.8. The van der Waals surface area contributed by atoms with Gasteiger partial charge in [0.2, 0.25) is 22.8 Å². The van der Waals surface area contributed by atoms with Crippen molar-refractivity contribution < 1.29 is 35.9 Å². The van der Waals surface area contributed by atoms with E-state index in [1.807, 2.05) is 0 Å². The molecule has 25 rings (SSSR count). The summed E-state index contributed by atoms with van der Waals surface area (Å²) in [6.07, 6.45) is 18.3. The van der Waals surface area contributed by atoms with E-state index in [2.05, 4.69) is 466 Å². The topological polar surface area (TPSA) is 68.1 Å². The molecule has 1 saturated carbocycles. The van der Waals surface area contributed by atoms with E-state index in [0.717, 1.165) is 70.3 Å². The molecule has 0 atom stereocenters. The zero-order valence-corrected chi connectivity index (χ0v) is 89.8. The smallest absolute Gasteiger partial charge is 0.216 e. The number of pyridine rings is 4. The van der Waals surface area contributed by atoms with Crippen molar-refractivity contribution in [2.24, 2.45) is 62.7 Å². The van der Waals surface area contributed by atoms with Crippen LogP contribution in [0.4, 0.5) is 0 Å². The zero-order chi connectivity index (χ0) is 101. The highest BCUT2D eigenvalue weighted by atomic mass is 16.3. The molecule has 0 aliphatic heterocycles. The van der Waals surface area contributed by atoms with Crippen LogP contribution in [0.2, 0.25) is 0 Å². The lowest BCUT2D eigenvalue weighted by molar-refractivity contribution is -0.660. The van der Waals surface area contributed by atoms with E-state index >= 15 is 0 Å². The molecule has 0 bridgehead atoms. The van der Waals surface area contributed by atoms with Gasteiger partial charge in [-0.2, -0.15) is 0 Å². The van der Waals surface area contributed by atoms with Gasteiger partial charge in [0.05, 0.1) is 22.3 Å². The molecular weight excluding hydrogens is 1750 g/mol. The minimum Gasteiger partial charge on any atom is -0.455 e. The third kappa shape index (κ3) is 15.3. The van der Waals surface area contributed by atoms with Crippen LogP contribution in [-0.2, 0) is 49.9 Å². The first kappa shape index (κ1) is 95.3. The lowest BCUT2D eigenvalue weighted by Crippen LogP contribution is -2.37. The first-order valence-corrected chi connectivity index (χ1v) is 53.1. The van der Waals surface area contributed by atoms with Crippen LogP contribution >= 0.6 is 0 Å². The monoisotopic (exact) mass is 1900 g/mol. The molecular formula is C136H142N4O4+4. The molecule has 0 radical (unpaired) electrons. The molecule has 0 unspecified atom stereocenters. The van der Waals surface area contributed by atoms with E-state index < -0.39 is 0 Å². The Balaban J connectivity index is 0.000000110. The lowest BCUT2D eigenvalue weighted by Gasteiger charge is -2.42. The minimum absolute atomic E-state index is 0.0174. The Kier molecular flexibility index (Phi) is 23.3. The summed E-state index contributed by atoms with van der Waals surface area (Å²) < 4.78 is 36.0. The lowest BCUT2D eigenvalue weighted by atomic mass is 9.62. The van der Waals surface area contributed by atoms with Crippen molar-refractivity contribution in [2.75, 3.05) is 0 Å². The standard InChI is InChI=1S/C37H42NO.C35H38NO.C33H34NO.C31H28NO/c1-23-14-17-31(38(9)20-23)33-24(2)15-16-26-28-18-27-25-12-10-11-13-29(25)37(21-35(3,4)5,22-36(6,7)8)30(27)19-32(28)39-34(26)33;1-21(2)18-35(19-22(3)4)29-11-9-8-10-25(29)27-16-28-26-14-13-24(6)33(31-15-12-23(5)20-36(31)7)34(26)37-32(28)17-30(27)35;1-19(2)33(20(3)4)27-11-9-8-10-23(27)25-16-26-24-14-13-22(6)31(29-15-12-21(5)18-34(29)7)32(24)35-30(26)17-28(25)33;1-19-10-13-27(32(3)18-19)29-20(2)11-12-22-24-16-23-21-8-4-5-9-25(21)31(14-6-7-15-31)26(23)17-28(24)33-30(22)29/h10-20H,21-22H2,1-9H3;8-17,20-22H,18-19H2,1-7H3;8-20H,1-7H3;4-5,8-13,16-18H,6-7,14-15H2,1-3H3/q4*+1. The predicted octanol–water partition coefficient (Wildman–Crippen LogP) is 34.7. The summed E-state index contributed by atoms with van der Waals surface area (Å²) in [5.74, 6) is 2.13. The summed E-state index contributed by atoms with van der Waals surface area (Å²) in [6, 6.07) is 91.1. The average Bonchev–Trinajstić information content (AvgIpc) is 1.55. The Morgan fingerprint density at radius 3 is 0.861 bits per heavy atom. The Hall–Kier alpha value is -13.6. The third-order valence-corrected chi connectivity index (χ3v) is 33.4. The Morgan fingerprint density at radius 2 is 0.542 bits per heavy atom. The molecule has 8 nitrogen and oxygen atoms in total. The van der Waals surface area contributed by atoms with Gasteiger partial charge < -0.3 is 17.7 Å². The van der Waals surface area contributed by atoms with Gasteiger partial charge in [-0.25, -0.2) is 18.3 Å². The van der Waals surface area contributed by atoms with Crippen molar-refractivity contribution >= 4 is 87.8 Å². The van der Waals surface area contributed by atoms with Crippen LogP contribution in [0, 0.1) is 89.9 Å². The van der Waals surface area contributed by atoms with Crippen molar-refractivity contribution in [3.8, 4) is 89.5 Å². The maximum atomic E-state index is 6.87. The Labute approximate surface area is 851 Å². The number of nitrogens with zero attached hydrogens (tertiary/aromatic N) is 4. The van der Waals surface area contributed by atoms with E-state index in [4.69, 9.17) is 17.7 Å². The molecule has 8 heteroatoms. The summed E-state index contributed by atoms with van der Waals surface area (Å²) in [4.78, 5) is 0. The van der Waals surface area contributed by atoms with Crippen molar-refractivity contribution in [3.05, 3.63) is 356 Å². The van der Waals surface area contributed by atoms with Gasteiger partial charge in [-0.1, -0.05) is 255 Å². The molecule has 726 valence electrons. The molecule has 12 aromatic carbocycles. The van der Waals surface area contributed by atoms with Gasteiger partial charge in [-0.15, -0.1) is 0 Å². The van der Waals surface area contributed by atoms with Crippen LogP contribution in [0.25, 0.3) is 177 Å². The molecule has 8 aromatic heterocycles. The number of furan rings is 4. The molecule has 0 amide bonds. The fourth-order valence-corrected chi connectivity index (χ4v) is 28.3. The summed E-state index contributed by atoms with van der Waals surface area (Å²) in [6.45, 7) is 50.5. The fraction of sp³-hybridized carbons (Fsp3) is 0.324. The molecule has 20 aromatic rings. The summed E-state index contributed by atoms with van der Waals surface area (Å²) >= 11 is 0.